The molecule has 0 fully saturated rings. The number of amides is 2. The zero-order chi connectivity index (χ0) is 13.7. The van der Waals surface area contributed by atoms with Gasteiger partial charge in [-0.05, 0) is 18.2 Å². The molecule has 4 nitrogen and oxygen atoms in total. The van der Waals surface area contributed by atoms with Crippen LogP contribution < -0.4 is 10.6 Å². The van der Waals surface area contributed by atoms with Crippen molar-refractivity contribution in [2.75, 3.05) is 11.9 Å². The summed E-state index contributed by atoms with van der Waals surface area (Å²) in [5.74, 6) is -0.410. The molecule has 0 aliphatic heterocycles. The van der Waals surface area contributed by atoms with Gasteiger partial charge >= 0.3 is 6.03 Å². The maximum absolute atomic E-state index is 13.1. The summed E-state index contributed by atoms with van der Waals surface area (Å²) in [5.41, 5.74) is 3.09. The minimum atomic E-state index is -0.410. The lowest BCUT2D eigenvalue weighted by molar-refractivity contribution is 0.252. The Kier molecular flexibility index (Phi) is 4.86. The molecule has 0 atom stereocenters. The molecule has 0 aliphatic rings. The third-order valence-corrected chi connectivity index (χ3v) is 3.36. The number of carbonyl (C=O) groups excluding carboxylic acids is 1. The maximum Gasteiger partial charge on any atom is 0.319 e. The molecular weight excluding hydrogens is 333 g/mol. The third kappa shape index (κ3) is 4.60. The van der Waals surface area contributed by atoms with Gasteiger partial charge in [0.2, 0.25) is 0 Å². The van der Waals surface area contributed by atoms with Crippen LogP contribution in [0, 0.1) is 5.82 Å². The molecule has 2 N–H and O–H groups in total. The van der Waals surface area contributed by atoms with Crippen LogP contribution in [0.15, 0.2) is 33.6 Å². The van der Waals surface area contributed by atoms with Gasteiger partial charge in [0.25, 0.3) is 0 Å². The van der Waals surface area contributed by atoms with E-state index in [0.717, 1.165) is 5.69 Å². The predicted octanol–water partition coefficient (Wildman–Crippen LogP) is 3.41. The molecule has 100 valence electrons. The number of nitrogens with one attached hydrogen (secondary N) is 2. The van der Waals surface area contributed by atoms with E-state index in [1.54, 1.807) is 11.6 Å². The number of thiazole rings is 1. The molecule has 0 bridgehead atoms. The number of hydrogen-bond acceptors (Lipinski definition) is 3. The second-order valence-corrected chi connectivity index (χ2v) is 5.40. The van der Waals surface area contributed by atoms with Crippen LogP contribution in [0.25, 0.3) is 0 Å². The van der Waals surface area contributed by atoms with Crippen molar-refractivity contribution in [1.82, 2.24) is 10.3 Å². The number of benzene rings is 1. The molecule has 0 radical (unpaired) electrons. The van der Waals surface area contributed by atoms with Gasteiger partial charge in [-0.2, -0.15) is 0 Å². The molecule has 2 rings (SSSR count). The Balaban J connectivity index is 1.80. The Bertz CT molecular complexity index is 542. The monoisotopic (exact) mass is 343 g/mol. The van der Waals surface area contributed by atoms with Crippen molar-refractivity contribution in [3.63, 3.8) is 0 Å². The van der Waals surface area contributed by atoms with Gasteiger partial charge in [0, 0.05) is 28.5 Å². The first-order valence-corrected chi connectivity index (χ1v) is 7.25. The van der Waals surface area contributed by atoms with Crippen molar-refractivity contribution in [2.24, 2.45) is 0 Å². The van der Waals surface area contributed by atoms with E-state index in [9.17, 15) is 9.18 Å². The van der Waals surface area contributed by atoms with Crippen LogP contribution in [-0.2, 0) is 6.42 Å². The fraction of sp³-hybridized carbons (Fsp3) is 0.167. The highest BCUT2D eigenvalue weighted by Crippen LogP contribution is 2.18. The first kappa shape index (κ1) is 14.0. The van der Waals surface area contributed by atoms with Gasteiger partial charge in [0.05, 0.1) is 11.2 Å². The van der Waals surface area contributed by atoms with E-state index < -0.39 is 5.82 Å². The van der Waals surface area contributed by atoms with Crippen molar-refractivity contribution >= 4 is 39.0 Å². The Hall–Kier alpha value is -1.47. The van der Waals surface area contributed by atoms with E-state index in [4.69, 9.17) is 0 Å². The van der Waals surface area contributed by atoms with E-state index in [1.807, 2.05) is 5.38 Å². The number of aromatic nitrogens is 1. The number of carbonyl (C=O) groups is 1. The van der Waals surface area contributed by atoms with Crippen LogP contribution in [0.5, 0.6) is 0 Å². The fourth-order valence-electron chi connectivity index (χ4n) is 1.47. The summed E-state index contributed by atoms with van der Waals surface area (Å²) in [6.07, 6.45) is 0.670. The van der Waals surface area contributed by atoms with Crippen LogP contribution in [-0.4, -0.2) is 17.6 Å². The molecule has 1 aromatic carbocycles. The molecule has 1 aromatic heterocycles. The molecule has 0 saturated carbocycles. The molecular formula is C12H11BrFN3OS. The predicted molar refractivity (Wildman–Crippen MR) is 76.9 cm³/mol. The standard InChI is InChI=1S/C12H11BrFN3OS/c13-8-3-9(14)5-11(4-8)17-12(18)15-2-1-10-6-19-7-16-10/h3-7H,1-2H2,(H2,15,17,18). The summed E-state index contributed by atoms with van der Waals surface area (Å²) < 4.78 is 13.7. The van der Waals surface area contributed by atoms with Crippen molar-refractivity contribution < 1.29 is 9.18 Å². The Labute approximate surface area is 122 Å². The van der Waals surface area contributed by atoms with Gasteiger partial charge in [-0.3, -0.25) is 0 Å². The third-order valence-electron chi connectivity index (χ3n) is 2.27. The van der Waals surface area contributed by atoms with Crippen molar-refractivity contribution in [2.45, 2.75) is 6.42 Å². The zero-order valence-electron chi connectivity index (χ0n) is 9.82. The van der Waals surface area contributed by atoms with Gasteiger partial charge in [-0.1, -0.05) is 15.9 Å². The first-order chi connectivity index (χ1) is 9.13. The number of hydrogen-bond donors (Lipinski definition) is 2. The second kappa shape index (κ2) is 6.63. The maximum atomic E-state index is 13.1. The van der Waals surface area contributed by atoms with E-state index in [2.05, 4.69) is 31.5 Å². The number of anilines is 1. The Morgan fingerprint density at radius 2 is 2.26 bits per heavy atom. The van der Waals surface area contributed by atoms with Gasteiger partial charge in [-0.15, -0.1) is 11.3 Å². The average molecular weight is 344 g/mol. The summed E-state index contributed by atoms with van der Waals surface area (Å²) >= 11 is 4.68. The summed E-state index contributed by atoms with van der Waals surface area (Å²) in [4.78, 5) is 15.7. The van der Waals surface area contributed by atoms with Crippen molar-refractivity contribution in [3.05, 3.63) is 45.1 Å². The van der Waals surface area contributed by atoms with E-state index in [-0.39, 0.29) is 6.03 Å². The molecule has 0 unspecified atom stereocenters. The van der Waals surface area contributed by atoms with Gasteiger partial charge < -0.3 is 10.6 Å². The lowest BCUT2D eigenvalue weighted by atomic mass is 10.3. The quantitative estimate of drug-likeness (QED) is 0.893. The van der Waals surface area contributed by atoms with Gasteiger partial charge in [0.1, 0.15) is 5.82 Å². The van der Waals surface area contributed by atoms with Crippen LogP contribution in [0.1, 0.15) is 5.69 Å². The molecule has 7 heteroatoms. The van der Waals surface area contributed by atoms with Gasteiger partial charge in [0.15, 0.2) is 0 Å². The number of rotatable bonds is 4. The SMILES string of the molecule is O=C(NCCc1cscn1)Nc1cc(F)cc(Br)c1. The summed E-state index contributed by atoms with van der Waals surface area (Å²) in [5, 5.41) is 7.18. The largest absolute Gasteiger partial charge is 0.337 e. The second-order valence-electron chi connectivity index (χ2n) is 3.77. The molecule has 0 aliphatic carbocycles. The molecule has 2 aromatic rings. The highest BCUT2D eigenvalue weighted by atomic mass is 79.9. The van der Waals surface area contributed by atoms with E-state index in [0.29, 0.717) is 23.1 Å². The minimum Gasteiger partial charge on any atom is -0.337 e. The lowest BCUT2D eigenvalue weighted by Crippen LogP contribution is -2.30. The van der Waals surface area contributed by atoms with Crippen molar-refractivity contribution in [1.29, 1.82) is 0 Å². The highest BCUT2D eigenvalue weighted by Gasteiger charge is 2.04. The zero-order valence-corrected chi connectivity index (χ0v) is 12.2. The molecule has 0 spiro atoms. The van der Waals surface area contributed by atoms with Crippen LogP contribution >= 0.6 is 27.3 Å². The highest BCUT2D eigenvalue weighted by molar-refractivity contribution is 9.10. The summed E-state index contributed by atoms with van der Waals surface area (Å²) in [6.45, 7) is 0.478. The average Bonchev–Trinajstić information content (AvgIpc) is 2.80. The van der Waals surface area contributed by atoms with Gasteiger partial charge in [-0.25, -0.2) is 14.2 Å². The van der Waals surface area contributed by atoms with E-state index >= 15 is 0 Å². The van der Waals surface area contributed by atoms with E-state index in [1.165, 1.54) is 23.5 Å². The first-order valence-electron chi connectivity index (χ1n) is 5.51. The summed E-state index contributed by atoms with van der Waals surface area (Å²) in [6, 6.07) is 3.84. The number of urea groups is 1. The Morgan fingerprint density at radius 1 is 1.42 bits per heavy atom. The van der Waals surface area contributed by atoms with Crippen LogP contribution in [0.2, 0.25) is 0 Å². The molecule has 0 saturated heterocycles. The number of nitrogens with zero attached hydrogens (tertiary/aromatic N) is 1. The lowest BCUT2D eigenvalue weighted by Gasteiger charge is -2.07. The molecule has 1 heterocycles. The number of halogens is 2. The molecule has 2 amide bonds. The van der Waals surface area contributed by atoms with Crippen LogP contribution in [0.4, 0.5) is 14.9 Å². The van der Waals surface area contributed by atoms with Crippen LogP contribution in [0.3, 0.4) is 0 Å². The molecule has 19 heavy (non-hydrogen) atoms. The smallest absolute Gasteiger partial charge is 0.319 e. The fourth-order valence-corrected chi connectivity index (χ4v) is 2.52. The topological polar surface area (TPSA) is 54.0 Å². The van der Waals surface area contributed by atoms with Crippen molar-refractivity contribution in [3.8, 4) is 0 Å². The normalized spacial score (nSPS) is 10.2. The summed E-state index contributed by atoms with van der Waals surface area (Å²) in [7, 11) is 0. The minimum absolute atomic E-state index is 0.368. The Morgan fingerprint density at radius 3 is 2.95 bits per heavy atom.